The van der Waals surface area contributed by atoms with Crippen LogP contribution in [0.15, 0.2) is 16.6 Å². The number of aromatic amines is 1. The number of fused-ring (bicyclic) bond motifs is 1. The van der Waals surface area contributed by atoms with E-state index in [2.05, 4.69) is 38.0 Å². The number of likely N-dealkylation sites (N-methyl/N-ethyl adjacent to an activating group) is 1. The maximum Gasteiger partial charge on any atom is 0.174 e. The topological polar surface area (TPSA) is 50.4 Å². The van der Waals surface area contributed by atoms with E-state index >= 15 is 0 Å². The van der Waals surface area contributed by atoms with Gasteiger partial charge >= 0.3 is 0 Å². The highest BCUT2D eigenvalue weighted by atomic mass is 79.9. The molecule has 0 radical (unpaired) electrons. The molecule has 0 saturated carbocycles. The number of rotatable bonds is 4. The van der Waals surface area contributed by atoms with E-state index in [1.807, 2.05) is 12.1 Å². The van der Waals surface area contributed by atoms with Crippen molar-refractivity contribution in [3.05, 3.63) is 27.9 Å². The highest BCUT2D eigenvalue weighted by Crippen LogP contribution is 2.40. The predicted octanol–water partition coefficient (Wildman–Crippen LogP) is 3.23. The molecule has 1 aromatic heterocycles. The first-order valence-electron chi connectivity index (χ1n) is 7.38. The van der Waals surface area contributed by atoms with Crippen molar-refractivity contribution in [1.82, 2.24) is 15.1 Å². The van der Waals surface area contributed by atoms with Crippen LogP contribution in [0.3, 0.4) is 0 Å². The van der Waals surface area contributed by atoms with Crippen molar-refractivity contribution in [2.75, 3.05) is 27.3 Å². The standard InChI is InChI=1S/C16H20BrN3O2/c1-4-20-6-5-13-11(9-20)15(19-18-13)10-7-12(17)16(22-3)14(8-10)21-2/h7-8H,4-6,9H2,1-3H3,(H,18,19). The minimum Gasteiger partial charge on any atom is -0.493 e. The smallest absolute Gasteiger partial charge is 0.174 e. The van der Waals surface area contributed by atoms with E-state index in [0.29, 0.717) is 11.5 Å². The summed E-state index contributed by atoms with van der Waals surface area (Å²) in [6.07, 6.45) is 1.02. The van der Waals surface area contributed by atoms with E-state index in [0.717, 1.165) is 41.8 Å². The number of hydrogen-bond donors (Lipinski definition) is 1. The molecule has 22 heavy (non-hydrogen) atoms. The van der Waals surface area contributed by atoms with Crippen LogP contribution in [0.4, 0.5) is 0 Å². The lowest BCUT2D eigenvalue weighted by atomic mass is 10.0. The largest absolute Gasteiger partial charge is 0.493 e. The molecule has 0 amide bonds. The monoisotopic (exact) mass is 365 g/mol. The van der Waals surface area contributed by atoms with Crippen molar-refractivity contribution in [2.45, 2.75) is 19.9 Å². The lowest BCUT2D eigenvalue weighted by Gasteiger charge is -2.25. The molecule has 0 saturated heterocycles. The average molecular weight is 366 g/mol. The fraction of sp³-hybridized carbons (Fsp3) is 0.438. The second-order valence-corrected chi connectivity index (χ2v) is 6.20. The van der Waals surface area contributed by atoms with E-state index in [-0.39, 0.29) is 0 Å². The fourth-order valence-corrected chi connectivity index (χ4v) is 3.52. The van der Waals surface area contributed by atoms with Gasteiger partial charge in [0.25, 0.3) is 0 Å². The number of methoxy groups -OCH3 is 2. The van der Waals surface area contributed by atoms with Crippen molar-refractivity contribution in [3.8, 4) is 22.8 Å². The van der Waals surface area contributed by atoms with Gasteiger partial charge in [-0.15, -0.1) is 0 Å². The predicted molar refractivity (Wildman–Crippen MR) is 89.5 cm³/mol. The molecule has 0 unspecified atom stereocenters. The molecule has 2 heterocycles. The van der Waals surface area contributed by atoms with Crippen LogP contribution in [0.2, 0.25) is 0 Å². The number of benzene rings is 1. The zero-order chi connectivity index (χ0) is 15.7. The molecular weight excluding hydrogens is 346 g/mol. The van der Waals surface area contributed by atoms with Gasteiger partial charge in [0.05, 0.1) is 24.4 Å². The van der Waals surface area contributed by atoms with Crippen molar-refractivity contribution >= 4 is 15.9 Å². The van der Waals surface area contributed by atoms with Crippen LogP contribution < -0.4 is 9.47 Å². The van der Waals surface area contributed by atoms with Gasteiger partial charge in [-0.2, -0.15) is 5.10 Å². The Balaban J connectivity index is 2.06. The van der Waals surface area contributed by atoms with Gasteiger partial charge in [0.2, 0.25) is 0 Å². The maximum atomic E-state index is 5.44. The van der Waals surface area contributed by atoms with Crippen LogP contribution in [0.5, 0.6) is 11.5 Å². The van der Waals surface area contributed by atoms with Gasteiger partial charge in [0.15, 0.2) is 11.5 Å². The minimum absolute atomic E-state index is 0.700. The van der Waals surface area contributed by atoms with Crippen LogP contribution in [-0.2, 0) is 13.0 Å². The Morgan fingerprint density at radius 1 is 1.32 bits per heavy atom. The number of hydrogen-bond acceptors (Lipinski definition) is 4. The molecule has 1 N–H and O–H groups in total. The summed E-state index contributed by atoms with van der Waals surface area (Å²) in [5.74, 6) is 1.40. The third-order valence-corrected chi connectivity index (χ3v) is 4.76. The zero-order valence-corrected chi connectivity index (χ0v) is 14.7. The third kappa shape index (κ3) is 2.61. The molecule has 2 aromatic rings. The van der Waals surface area contributed by atoms with Crippen LogP contribution >= 0.6 is 15.9 Å². The Morgan fingerprint density at radius 2 is 2.14 bits per heavy atom. The Bertz CT molecular complexity index is 684. The highest BCUT2D eigenvalue weighted by molar-refractivity contribution is 9.10. The van der Waals surface area contributed by atoms with Gasteiger partial charge < -0.3 is 9.47 Å². The summed E-state index contributed by atoms with van der Waals surface area (Å²) in [7, 11) is 3.28. The number of nitrogens with one attached hydrogen (secondary N) is 1. The van der Waals surface area contributed by atoms with E-state index < -0.39 is 0 Å². The number of H-pyrrole nitrogens is 1. The van der Waals surface area contributed by atoms with Gasteiger partial charge in [-0.3, -0.25) is 10.00 Å². The molecule has 0 fully saturated rings. The van der Waals surface area contributed by atoms with Gasteiger partial charge in [-0.25, -0.2) is 0 Å². The van der Waals surface area contributed by atoms with Gasteiger partial charge in [-0.05, 0) is 34.6 Å². The number of nitrogens with zero attached hydrogens (tertiary/aromatic N) is 2. The first-order chi connectivity index (χ1) is 10.7. The number of ether oxygens (including phenoxy) is 2. The Labute approximate surface area is 138 Å². The van der Waals surface area contributed by atoms with Crippen molar-refractivity contribution in [1.29, 1.82) is 0 Å². The zero-order valence-electron chi connectivity index (χ0n) is 13.1. The quantitative estimate of drug-likeness (QED) is 0.903. The molecule has 5 nitrogen and oxygen atoms in total. The second kappa shape index (κ2) is 6.30. The lowest BCUT2D eigenvalue weighted by Crippen LogP contribution is -2.30. The summed E-state index contributed by atoms with van der Waals surface area (Å²) >= 11 is 3.55. The molecule has 6 heteroatoms. The van der Waals surface area contributed by atoms with E-state index in [9.17, 15) is 0 Å². The summed E-state index contributed by atoms with van der Waals surface area (Å²) in [6.45, 7) is 5.27. The minimum atomic E-state index is 0.700. The van der Waals surface area contributed by atoms with Crippen molar-refractivity contribution in [3.63, 3.8) is 0 Å². The van der Waals surface area contributed by atoms with Gasteiger partial charge in [0, 0.05) is 36.3 Å². The summed E-state index contributed by atoms with van der Waals surface area (Å²) < 4.78 is 11.7. The van der Waals surface area contributed by atoms with Crippen molar-refractivity contribution in [2.24, 2.45) is 0 Å². The van der Waals surface area contributed by atoms with E-state index in [4.69, 9.17) is 9.47 Å². The SMILES string of the molecule is CCN1CCc2[nH]nc(-c3cc(Br)c(OC)c(OC)c3)c2C1. The first-order valence-corrected chi connectivity index (χ1v) is 8.17. The second-order valence-electron chi connectivity index (χ2n) is 5.34. The normalized spacial score (nSPS) is 14.7. The number of aromatic nitrogens is 2. The van der Waals surface area contributed by atoms with Gasteiger partial charge in [0.1, 0.15) is 0 Å². The van der Waals surface area contributed by atoms with Crippen LogP contribution in [0.25, 0.3) is 11.3 Å². The molecule has 0 bridgehead atoms. The molecule has 0 spiro atoms. The third-order valence-electron chi connectivity index (χ3n) is 4.17. The molecule has 1 aliphatic heterocycles. The number of halogens is 1. The van der Waals surface area contributed by atoms with Crippen molar-refractivity contribution < 1.29 is 9.47 Å². The van der Waals surface area contributed by atoms with Gasteiger partial charge in [-0.1, -0.05) is 6.92 Å². The molecule has 118 valence electrons. The molecule has 1 aromatic carbocycles. The summed E-state index contributed by atoms with van der Waals surface area (Å²) in [5, 5.41) is 7.73. The Morgan fingerprint density at radius 3 is 2.82 bits per heavy atom. The molecule has 3 rings (SSSR count). The molecule has 0 aliphatic carbocycles. The molecular formula is C16H20BrN3O2. The Hall–Kier alpha value is -1.53. The lowest BCUT2D eigenvalue weighted by molar-refractivity contribution is 0.267. The van der Waals surface area contributed by atoms with E-state index in [1.165, 1.54) is 11.3 Å². The molecule has 0 atom stereocenters. The van der Waals surface area contributed by atoms with Crippen LogP contribution in [-0.4, -0.2) is 42.4 Å². The Kier molecular flexibility index (Phi) is 4.40. The average Bonchev–Trinajstić information content (AvgIpc) is 2.96. The maximum absolute atomic E-state index is 5.44. The van der Waals surface area contributed by atoms with Crippen LogP contribution in [0, 0.1) is 0 Å². The summed E-state index contributed by atoms with van der Waals surface area (Å²) in [5.41, 5.74) is 4.55. The summed E-state index contributed by atoms with van der Waals surface area (Å²) in [6, 6.07) is 4.01. The highest BCUT2D eigenvalue weighted by Gasteiger charge is 2.23. The van der Waals surface area contributed by atoms with E-state index in [1.54, 1.807) is 14.2 Å². The summed E-state index contributed by atoms with van der Waals surface area (Å²) in [4.78, 5) is 2.43. The molecule has 1 aliphatic rings. The fourth-order valence-electron chi connectivity index (χ4n) is 2.91. The van der Waals surface area contributed by atoms with Crippen LogP contribution in [0.1, 0.15) is 18.2 Å². The first kappa shape index (κ1) is 15.4.